The number of rotatable bonds is 5. The molecule has 0 saturated carbocycles. The van der Waals surface area contributed by atoms with Crippen LogP contribution in [0, 0.1) is 0 Å². The minimum atomic E-state index is -0.965. The average molecular weight is 290 g/mol. The monoisotopic (exact) mass is 290 g/mol. The fourth-order valence-electron chi connectivity index (χ4n) is 2.71. The van der Waals surface area contributed by atoms with Crippen LogP contribution < -0.4 is 5.32 Å². The summed E-state index contributed by atoms with van der Waals surface area (Å²) in [5, 5.41) is 12.7. The van der Waals surface area contributed by atoms with E-state index in [1.807, 2.05) is 32.0 Å². The maximum atomic E-state index is 12.3. The summed E-state index contributed by atoms with van der Waals surface area (Å²) in [6.45, 7) is 5.07. The van der Waals surface area contributed by atoms with Gasteiger partial charge in [0.05, 0.1) is 0 Å². The van der Waals surface area contributed by atoms with E-state index in [9.17, 15) is 14.7 Å². The summed E-state index contributed by atoms with van der Waals surface area (Å²) in [6, 6.07) is 6.93. The minimum Gasteiger partial charge on any atom is -0.479 e. The number of carbonyl (C=O) groups excluding carboxylic acids is 1. The van der Waals surface area contributed by atoms with Gasteiger partial charge < -0.3 is 15.3 Å². The summed E-state index contributed by atoms with van der Waals surface area (Å²) in [4.78, 5) is 25.4. The van der Waals surface area contributed by atoms with E-state index in [4.69, 9.17) is 0 Å². The molecule has 2 N–H and O–H groups in total. The summed E-state index contributed by atoms with van der Waals surface area (Å²) >= 11 is 0. The molecular weight excluding hydrogens is 268 g/mol. The first-order valence-corrected chi connectivity index (χ1v) is 7.34. The van der Waals surface area contributed by atoms with Crippen molar-refractivity contribution < 1.29 is 14.7 Å². The molecule has 5 heteroatoms. The Morgan fingerprint density at radius 1 is 1.38 bits per heavy atom. The summed E-state index contributed by atoms with van der Waals surface area (Å²) in [6.07, 6.45) is 1.04. The van der Waals surface area contributed by atoms with Crippen molar-refractivity contribution in [1.29, 1.82) is 0 Å². The zero-order chi connectivity index (χ0) is 15.4. The number of hydrogen-bond donors (Lipinski definition) is 2. The topological polar surface area (TPSA) is 69.6 Å². The second kappa shape index (κ2) is 6.72. The van der Waals surface area contributed by atoms with Crippen LogP contribution in [0.5, 0.6) is 0 Å². The Kier molecular flexibility index (Phi) is 4.96. The van der Waals surface area contributed by atoms with E-state index in [0.29, 0.717) is 32.0 Å². The van der Waals surface area contributed by atoms with Gasteiger partial charge >= 0.3 is 5.97 Å². The molecule has 1 amide bonds. The van der Waals surface area contributed by atoms with Crippen LogP contribution in [0.25, 0.3) is 0 Å². The number of carboxylic acid groups (broad SMARTS) is 1. The van der Waals surface area contributed by atoms with Crippen molar-refractivity contribution in [2.75, 3.05) is 13.1 Å². The van der Waals surface area contributed by atoms with Gasteiger partial charge in [0.1, 0.15) is 0 Å². The third-order valence-electron chi connectivity index (χ3n) is 3.73. The minimum absolute atomic E-state index is 0.106. The Morgan fingerprint density at radius 3 is 2.76 bits per heavy atom. The SMILES string of the molecule is CC(C)NCCC(=O)N1CCc2ccccc2C1C(=O)O. The van der Waals surface area contributed by atoms with Crippen molar-refractivity contribution in [2.24, 2.45) is 0 Å². The number of carboxylic acids is 1. The van der Waals surface area contributed by atoms with Gasteiger partial charge in [-0.1, -0.05) is 38.1 Å². The lowest BCUT2D eigenvalue weighted by atomic mass is 9.92. The highest BCUT2D eigenvalue weighted by molar-refractivity contribution is 5.85. The van der Waals surface area contributed by atoms with Crippen LogP contribution in [-0.2, 0) is 16.0 Å². The van der Waals surface area contributed by atoms with Crippen molar-refractivity contribution in [3.05, 3.63) is 35.4 Å². The van der Waals surface area contributed by atoms with E-state index >= 15 is 0 Å². The Bertz CT molecular complexity index is 528. The van der Waals surface area contributed by atoms with Gasteiger partial charge in [-0.05, 0) is 17.5 Å². The summed E-state index contributed by atoms with van der Waals surface area (Å²) in [5.41, 5.74) is 1.76. The molecule has 1 aliphatic rings. The van der Waals surface area contributed by atoms with Gasteiger partial charge in [-0.25, -0.2) is 4.79 Å². The van der Waals surface area contributed by atoms with Crippen LogP contribution in [0.15, 0.2) is 24.3 Å². The zero-order valence-corrected chi connectivity index (χ0v) is 12.5. The highest BCUT2D eigenvalue weighted by atomic mass is 16.4. The van der Waals surface area contributed by atoms with E-state index in [2.05, 4.69) is 5.32 Å². The molecule has 0 fully saturated rings. The lowest BCUT2D eigenvalue weighted by molar-refractivity contribution is -0.151. The van der Waals surface area contributed by atoms with Crippen molar-refractivity contribution >= 4 is 11.9 Å². The fourth-order valence-corrected chi connectivity index (χ4v) is 2.71. The number of aliphatic carboxylic acids is 1. The van der Waals surface area contributed by atoms with Gasteiger partial charge in [0.25, 0.3) is 0 Å². The van der Waals surface area contributed by atoms with Gasteiger partial charge in [0.15, 0.2) is 6.04 Å². The molecule has 1 aliphatic heterocycles. The highest BCUT2D eigenvalue weighted by Gasteiger charge is 2.35. The number of nitrogens with zero attached hydrogens (tertiary/aromatic N) is 1. The number of benzene rings is 1. The molecule has 0 saturated heterocycles. The van der Waals surface area contributed by atoms with Crippen LogP contribution in [0.3, 0.4) is 0 Å². The van der Waals surface area contributed by atoms with E-state index in [0.717, 1.165) is 11.1 Å². The van der Waals surface area contributed by atoms with E-state index in [-0.39, 0.29) is 5.91 Å². The number of carbonyl (C=O) groups is 2. The molecule has 114 valence electrons. The number of amides is 1. The fraction of sp³-hybridized carbons (Fsp3) is 0.500. The van der Waals surface area contributed by atoms with Crippen LogP contribution in [0.2, 0.25) is 0 Å². The maximum Gasteiger partial charge on any atom is 0.331 e. The van der Waals surface area contributed by atoms with Crippen LogP contribution in [-0.4, -0.2) is 41.0 Å². The Hall–Kier alpha value is -1.88. The molecule has 1 atom stereocenters. The van der Waals surface area contributed by atoms with Crippen LogP contribution in [0.4, 0.5) is 0 Å². The maximum absolute atomic E-state index is 12.3. The second-order valence-corrected chi connectivity index (χ2v) is 5.64. The summed E-state index contributed by atoms with van der Waals surface area (Å²) < 4.78 is 0. The van der Waals surface area contributed by atoms with Gasteiger partial charge in [0.2, 0.25) is 5.91 Å². The van der Waals surface area contributed by atoms with E-state index in [1.54, 1.807) is 6.07 Å². The van der Waals surface area contributed by atoms with Crippen LogP contribution >= 0.6 is 0 Å². The quantitative estimate of drug-likeness (QED) is 0.864. The molecule has 21 heavy (non-hydrogen) atoms. The molecular formula is C16H22N2O3. The lowest BCUT2D eigenvalue weighted by Gasteiger charge is -2.35. The molecule has 1 aromatic rings. The number of hydrogen-bond acceptors (Lipinski definition) is 3. The third-order valence-corrected chi connectivity index (χ3v) is 3.73. The van der Waals surface area contributed by atoms with E-state index < -0.39 is 12.0 Å². The first-order valence-electron chi connectivity index (χ1n) is 7.34. The molecule has 0 bridgehead atoms. The van der Waals surface area contributed by atoms with Gasteiger partial charge in [0, 0.05) is 25.6 Å². The normalized spacial score (nSPS) is 17.7. The molecule has 0 spiro atoms. The number of fused-ring (bicyclic) bond motifs is 1. The van der Waals surface area contributed by atoms with Gasteiger partial charge in [-0.15, -0.1) is 0 Å². The van der Waals surface area contributed by atoms with Gasteiger partial charge in [-0.3, -0.25) is 4.79 Å². The van der Waals surface area contributed by atoms with E-state index in [1.165, 1.54) is 4.90 Å². The zero-order valence-electron chi connectivity index (χ0n) is 12.5. The first-order chi connectivity index (χ1) is 10.0. The Morgan fingerprint density at radius 2 is 2.10 bits per heavy atom. The van der Waals surface area contributed by atoms with Crippen molar-refractivity contribution in [1.82, 2.24) is 10.2 Å². The van der Waals surface area contributed by atoms with Gasteiger partial charge in [-0.2, -0.15) is 0 Å². The highest BCUT2D eigenvalue weighted by Crippen LogP contribution is 2.30. The molecule has 2 rings (SSSR count). The smallest absolute Gasteiger partial charge is 0.331 e. The summed E-state index contributed by atoms with van der Waals surface area (Å²) in [7, 11) is 0. The average Bonchev–Trinajstić information content (AvgIpc) is 2.45. The lowest BCUT2D eigenvalue weighted by Crippen LogP contribution is -2.44. The first kappa shape index (κ1) is 15.5. The Labute approximate surface area is 125 Å². The molecule has 0 aliphatic carbocycles. The predicted octanol–water partition coefficient (Wildman–Crippen LogP) is 1.59. The largest absolute Gasteiger partial charge is 0.479 e. The predicted molar refractivity (Wildman–Crippen MR) is 80.0 cm³/mol. The van der Waals surface area contributed by atoms with Crippen molar-refractivity contribution in [3.63, 3.8) is 0 Å². The molecule has 1 heterocycles. The number of nitrogens with one attached hydrogen (secondary N) is 1. The third kappa shape index (κ3) is 3.61. The summed E-state index contributed by atoms with van der Waals surface area (Å²) in [5.74, 6) is -1.07. The molecule has 1 unspecified atom stereocenters. The molecule has 1 aromatic carbocycles. The molecule has 0 radical (unpaired) electrons. The Balaban J connectivity index is 2.13. The van der Waals surface area contributed by atoms with Crippen LogP contribution in [0.1, 0.15) is 37.4 Å². The standard InChI is InChI=1S/C16H22N2O3/c1-11(2)17-9-7-14(19)18-10-8-12-5-3-4-6-13(12)15(18)16(20)21/h3-6,11,15,17H,7-10H2,1-2H3,(H,20,21). The molecule has 0 aromatic heterocycles. The van der Waals surface area contributed by atoms with Crippen molar-refractivity contribution in [3.8, 4) is 0 Å². The second-order valence-electron chi connectivity index (χ2n) is 5.64. The molecule has 5 nitrogen and oxygen atoms in total. The van der Waals surface area contributed by atoms with Crippen molar-refractivity contribution in [2.45, 2.75) is 38.8 Å².